The molecule has 1 heterocycles. The Morgan fingerprint density at radius 1 is 0.957 bits per heavy atom. The first-order valence-corrected chi connectivity index (χ1v) is 7.64. The van der Waals surface area contributed by atoms with Crippen molar-refractivity contribution in [2.75, 3.05) is 18.5 Å². The van der Waals surface area contributed by atoms with Crippen molar-refractivity contribution < 1.29 is 18.7 Å². The normalized spacial score (nSPS) is 12.9. The summed E-state index contributed by atoms with van der Waals surface area (Å²) in [5, 5.41) is 2.69. The van der Waals surface area contributed by atoms with Crippen LogP contribution >= 0.6 is 34.8 Å². The number of nitrogens with one attached hydrogen (secondary N) is 1. The molecular weight excluding hydrogens is 368 g/mol. The second-order valence-electron chi connectivity index (χ2n) is 4.68. The average Bonchev–Trinajstić information content (AvgIpc) is 2.51. The molecule has 0 saturated heterocycles. The van der Waals surface area contributed by atoms with Crippen LogP contribution in [0.1, 0.15) is 10.4 Å². The van der Waals surface area contributed by atoms with E-state index >= 15 is 0 Å². The molecule has 4 nitrogen and oxygen atoms in total. The van der Waals surface area contributed by atoms with Crippen LogP contribution in [0.3, 0.4) is 0 Å². The zero-order valence-electron chi connectivity index (χ0n) is 11.5. The van der Waals surface area contributed by atoms with Gasteiger partial charge in [-0.2, -0.15) is 0 Å². The molecule has 0 saturated carbocycles. The number of ether oxygens (including phenoxy) is 2. The summed E-state index contributed by atoms with van der Waals surface area (Å²) in [6.45, 7) is 0.824. The van der Waals surface area contributed by atoms with Gasteiger partial charge in [-0.1, -0.05) is 34.8 Å². The first kappa shape index (κ1) is 16.2. The topological polar surface area (TPSA) is 47.6 Å². The van der Waals surface area contributed by atoms with E-state index in [0.717, 1.165) is 6.07 Å². The molecule has 0 spiro atoms. The molecule has 1 N–H and O–H groups in total. The lowest BCUT2D eigenvalue weighted by Crippen LogP contribution is -2.17. The third-order valence-corrected chi connectivity index (χ3v) is 4.05. The number of carbonyl (C=O) groups is 1. The number of benzene rings is 2. The monoisotopic (exact) mass is 375 g/mol. The van der Waals surface area contributed by atoms with Crippen molar-refractivity contribution in [1.29, 1.82) is 0 Å². The van der Waals surface area contributed by atoms with Crippen LogP contribution in [0.15, 0.2) is 24.3 Å². The Morgan fingerprint density at radius 2 is 1.61 bits per heavy atom. The van der Waals surface area contributed by atoms with Crippen LogP contribution in [-0.2, 0) is 0 Å². The smallest absolute Gasteiger partial charge is 0.257 e. The van der Waals surface area contributed by atoms with Gasteiger partial charge in [-0.15, -0.1) is 0 Å². The van der Waals surface area contributed by atoms with Gasteiger partial charge in [0.1, 0.15) is 19.0 Å². The van der Waals surface area contributed by atoms with Gasteiger partial charge in [0.2, 0.25) is 0 Å². The second-order valence-corrected chi connectivity index (χ2v) is 5.90. The first-order chi connectivity index (χ1) is 11.0. The molecule has 2 aromatic carbocycles. The molecule has 8 heteroatoms. The number of carbonyl (C=O) groups excluding carboxylic acids is 1. The lowest BCUT2D eigenvalue weighted by molar-refractivity contribution is 0.102. The van der Waals surface area contributed by atoms with E-state index in [1.807, 2.05) is 0 Å². The van der Waals surface area contributed by atoms with Gasteiger partial charge in [-0.3, -0.25) is 4.79 Å². The highest BCUT2D eigenvalue weighted by Gasteiger charge is 2.19. The van der Waals surface area contributed by atoms with Crippen molar-refractivity contribution in [2.24, 2.45) is 0 Å². The highest BCUT2D eigenvalue weighted by Crippen LogP contribution is 2.38. The fourth-order valence-corrected chi connectivity index (χ4v) is 2.72. The fourth-order valence-electron chi connectivity index (χ4n) is 2.05. The maximum Gasteiger partial charge on any atom is 0.257 e. The predicted octanol–water partition coefficient (Wildman–Crippen LogP) is 4.81. The van der Waals surface area contributed by atoms with Crippen molar-refractivity contribution >= 4 is 46.4 Å². The van der Waals surface area contributed by atoms with E-state index < -0.39 is 11.7 Å². The summed E-state index contributed by atoms with van der Waals surface area (Å²) in [5.74, 6) is -0.405. The van der Waals surface area contributed by atoms with Crippen molar-refractivity contribution in [3.05, 3.63) is 50.7 Å². The molecule has 0 fully saturated rings. The number of hydrogen-bond acceptors (Lipinski definition) is 3. The highest BCUT2D eigenvalue weighted by atomic mass is 35.5. The lowest BCUT2D eigenvalue weighted by atomic mass is 10.2. The summed E-state index contributed by atoms with van der Waals surface area (Å²) in [5.41, 5.74) is 0.242. The molecule has 3 rings (SSSR count). The van der Waals surface area contributed by atoms with Gasteiger partial charge >= 0.3 is 0 Å². The Morgan fingerprint density at radius 3 is 2.30 bits per heavy atom. The molecule has 0 aliphatic carbocycles. The largest absolute Gasteiger partial charge is 0.486 e. The van der Waals surface area contributed by atoms with Crippen LogP contribution in [0, 0.1) is 5.82 Å². The maximum absolute atomic E-state index is 13.5. The molecule has 0 radical (unpaired) electrons. The van der Waals surface area contributed by atoms with Crippen molar-refractivity contribution in [3.63, 3.8) is 0 Å². The number of fused-ring (bicyclic) bond motifs is 1. The zero-order chi connectivity index (χ0) is 16.6. The Labute approximate surface area is 146 Å². The van der Waals surface area contributed by atoms with E-state index in [1.54, 1.807) is 0 Å². The van der Waals surface area contributed by atoms with Crippen LogP contribution < -0.4 is 14.8 Å². The van der Waals surface area contributed by atoms with Gasteiger partial charge in [0.05, 0.1) is 26.3 Å². The quantitative estimate of drug-likeness (QED) is 0.765. The zero-order valence-corrected chi connectivity index (χ0v) is 13.7. The Kier molecular flexibility index (Phi) is 4.53. The molecule has 23 heavy (non-hydrogen) atoms. The van der Waals surface area contributed by atoms with Crippen LogP contribution in [-0.4, -0.2) is 19.1 Å². The van der Waals surface area contributed by atoms with Gasteiger partial charge in [-0.05, 0) is 12.1 Å². The summed E-state index contributed by atoms with van der Waals surface area (Å²) < 4.78 is 24.3. The number of anilines is 1. The molecule has 1 aliphatic rings. The van der Waals surface area contributed by atoms with E-state index in [4.69, 9.17) is 44.3 Å². The van der Waals surface area contributed by atoms with Gasteiger partial charge in [0.25, 0.3) is 5.91 Å². The minimum atomic E-state index is -0.741. The number of amides is 1. The average molecular weight is 377 g/mol. The first-order valence-electron chi connectivity index (χ1n) is 6.51. The molecular formula is C15H9Cl3FNO3. The third kappa shape index (κ3) is 3.32. The molecule has 0 bridgehead atoms. The Hall–Kier alpha value is -1.69. The lowest BCUT2D eigenvalue weighted by Gasteiger charge is -2.20. The van der Waals surface area contributed by atoms with Crippen LogP contribution in [0.5, 0.6) is 11.5 Å². The summed E-state index contributed by atoms with van der Waals surface area (Å²) >= 11 is 17.7. The maximum atomic E-state index is 13.5. The Balaban J connectivity index is 1.90. The highest BCUT2D eigenvalue weighted by molar-refractivity contribution is 6.38. The van der Waals surface area contributed by atoms with Crippen LogP contribution in [0.2, 0.25) is 15.1 Å². The van der Waals surface area contributed by atoms with E-state index in [0.29, 0.717) is 30.4 Å². The van der Waals surface area contributed by atoms with Crippen molar-refractivity contribution in [3.8, 4) is 11.5 Å². The number of hydrogen-bond donors (Lipinski definition) is 1. The van der Waals surface area contributed by atoms with E-state index in [-0.39, 0.29) is 20.6 Å². The minimum absolute atomic E-state index is 0.0302. The molecule has 1 amide bonds. The third-order valence-electron chi connectivity index (χ3n) is 3.13. The number of rotatable bonds is 2. The van der Waals surface area contributed by atoms with Crippen LogP contribution in [0.25, 0.3) is 0 Å². The van der Waals surface area contributed by atoms with Crippen molar-refractivity contribution in [2.45, 2.75) is 0 Å². The van der Waals surface area contributed by atoms with Crippen LogP contribution in [0.4, 0.5) is 10.1 Å². The van der Waals surface area contributed by atoms with E-state index in [9.17, 15) is 9.18 Å². The summed E-state index contributed by atoms with van der Waals surface area (Å²) in [6, 6.07) is 5.20. The van der Waals surface area contributed by atoms with Gasteiger partial charge in [-0.25, -0.2) is 4.39 Å². The predicted molar refractivity (Wildman–Crippen MR) is 86.8 cm³/mol. The van der Waals surface area contributed by atoms with Gasteiger partial charge in [0, 0.05) is 12.1 Å². The molecule has 0 atom stereocenters. The van der Waals surface area contributed by atoms with E-state index in [2.05, 4.69) is 5.32 Å². The second kappa shape index (κ2) is 6.43. The SMILES string of the molecule is O=C(Nc1cc2c(cc1Cl)OCCO2)c1cc(F)c(Cl)cc1Cl. The molecule has 1 aliphatic heterocycles. The van der Waals surface area contributed by atoms with Gasteiger partial charge in [0.15, 0.2) is 11.5 Å². The summed E-state index contributed by atoms with van der Waals surface area (Å²) in [4.78, 5) is 12.3. The fraction of sp³-hybridized carbons (Fsp3) is 0.133. The summed E-state index contributed by atoms with van der Waals surface area (Å²) in [7, 11) is 0. The van der Waals surface area contributed by atoms with Gasteiger partial charge < -0.3 is 14.8 Å². The minimum Gasteiger partial charge on any atom is -0.486 e. The van der Waals surface area contributed by atoms with E-state index in [1.165, 1.54) is 18.2 Å². The summed E-state index contributed by atoms with van der Waals surface area (Å²) in [6.07, 6.45) is 0. The number of halogens is 4. The standard InChI is InChI=1S/C15H9Cl3FNO3/c16-8-4-9(17)11(19)3-7(8)15(21)20-12-6-14-13(5-10(12)18)22-1-2-23-14/h3-6H,1-2H2,(H,20,21). The molecule has 0 unspecified atom stereocenters. The molecule has 120 valence electrons. The molecule has 2 aromatic rings. The Bertz CT molecular complexity index is 798. The van der Waals surface area contributed by atoms with Crippen molar-refractivity contribution in [1.82, 2.24) is 0 Å². The molecule has 0 aromatic heterocycles.